The van der Waals surface area contributed by atoms with Gasteiger partial charge in [0.15, 0.2) is 0 Å². The fraction of sp³-hybridized carbons (Fsp3) is 0.273. The van der Waals surface area contributed by atoms with Crippen molar-refractivity contribution in [2.45, 2.75) is 31.8 Å². The first-order valence-corrected chi connectivity index (χ1v) is 9.34. The van der Waals surface area contributed by atoms with Crippen LogP contribution in [0.4, 0.5) is 4.39 Å². The molecule has 1 aliphatic rings. The fourth-order valence-electron chi connectivity index (χ4n) is 3.64. The SMILES string of the molecule is O=C(O)c1ccc(CN2CCCC2c2ncc(Cc3ccc(F)cc3)o2)cc1. The first-order valence-electron chi connectivity index (χ1n) is 9.34. The van der Waals surface area contributed by atoms with Gasteiger partial charge in [-0.1, -0.05) is 24.3 Å². The fourth-order valence-corrected chi connectivity index (χ4v) is 3.64. The van der Waals surface area contributed by atoms with Crippen molar-refractivity contribution < 1.29 is 18.7 Å². The van der Waals surface area contributed by atoms with Crippen LogP contribution in [0.1, 0.15) is 52.0 Å². The molecule has 1 saturated heterocycles. The van der Waals surface area contributed by atoms with Gasteiger partial charge in [-0.25, -0.2) is 14.2 Å². The molecule has 0 spiro atoms. The van der Waals surface area contributed by atoms with Crippen LogP contribution in [0, 0.1) is 5.82 Å². The highest BCUT2D eigenvalue weighted by atomic mass is 19.1. The smallest absolute Gasteiger partial charge is 0.335 e. The normalized spacial score (nSPS) is 17.1. The zero-order valence-electron chi connectivity index (χ0n) is 15.3. The molecule has 0 aliphatic carbocycles. The molecular formula is C22H21FN2O3. The topological polar surface area (TPSA) is 66.6 Å². The van der Waals surface area contributed by atoms with Gasteiger partial charge in [0.05, 0.1) is 17.8 Å². The van der Waals surface area contributed by atoms with Crippen molar-refractivity contribution in [1.29, 1.82) is 0 Å². The van der Waals surface area contributed by atoms with E-state index in [1.807, 2.05) is 12.1 Å². The summed E-state index contributed by atoms with van der Waals surface area (Å²) >= 11 is 0. The lowest BCUT2D eigenvalue weighted by atomic mass is 10.1. The molecule has 0 amide bonds. The molecule has 0 saturated carbocycles. The Morgan fingerprint density at radius 2 is 1.86 bits per heavy atom. The summed E-state index contributed by atoms with van der Waals surface area (Å²) in [5.74, 6) is 0.301. The van der Waals surface area contributed by atoms with Crippen LogP contribution in [-0.4, -0.2) is 27.5 Å². The van der Waals surface area contributed by atoms with Gasteiger partial charge < -0.3 is 9.52 Å². The molecule has 1 aliphatic heterocycles. The zero-order chi connectivity index (χ0) is 19.5. The molecule has 1 unspecified atom stereocenters. The van der Waals surface area contributed by atoms with Crippen LogP contribution in [0.25, 0.3) is 0 Å². The van der Waals surface area contributed by atoms with Gasteiger partial charge >= 0.3 is 5.97 Å². The van der Waals surface area contributed by atoms with Crippen molar-refractivity contribution in [2.75, 3.05) is 6.54 Å². The molecule has 1 aromatic heterocycles. The Morgan fingerprint density at radius 1 is 1.14 bits per heavy atom. The number of aromatic carboxylic acids is 1. The molecule has 5 nitrogen and oxygen atoms in total. The molecule has 144 valence electrons. The molecular weight excluding hydrogens is 359 g/mol. The number of oxazole rings is 1. The molecule has 1 N–H and O–H groups in total. The summed E-state index contributed by atoms with van der Waals surface area (Å²) in [4.78, 5) is 17.8. The summed E-state index contributed by atoms with van der Waals surface area (Å²) in [6.07, 6.45) is 4.37. The number of hydrogen-bond donors (Lipinski definition) is 1. The Labute approximate surface area is 162 Å². The summed E-state index contributed by atoms with van der Waals surface area (Å²) < 4.78 is 19.0. The highest BCUT2D eigenvalue weighted by Gasteiger charge is 2.29. The molecule has 6 heteroatoms. The minimum atomic E-state index is -0.918. The summed E-state index contributed by atoms with van der Waals surface area (Å²) in [5.41, 5.74) is 2.33. The quantitative estimate of drug-likeness (QED) is 0.685. The summed E-state index contributed by atoms with van der Waals surface area (Å²) in [5, 5.41) is 9.02. The van der Waals surface area contributed by atoms with Gasteiger partial charge in [0.1, 0.15) is 11.6 Å². The van der Waals surface area contributed by atoms with Gasteiger partial charge in [0, 0.05) is 13.0 Å². The number of hydrogen-bond acceptors (Lipinski definition) is 4. The average Bonchev–Trinajstić information content (AvgIpc) is 3.33. The van der Waals surface area contributed by atoms with Crippen LogP contribution in [0.3, 0.4) is 0 Å². The molecule has 4 rings (SSSR count). The van der Waals surface area contributed by atoms with Crippen LogP contribution in [0.2, 0.25) is 0 Å². The van der Waals surface area contributed by atoms with E-state index >= 15 is 0 Å². The number of carboxylic acids is 1. The maximum Gasteiger partial charge on any atom is 0.335 e. The first kappa shape index (κ1) is 18.4. The van der Waals surface area contributed by atoms with Gasteiger partial charge in [-0.2, -0.15) is 0 Å². The van der Waals surface area contributed by atoms with Crippen LogP contribution in [0.5, 0.6) is 0 Å². The molecule has 0 radical (unpaired) electrons. The average molecular weight is 380 g/mol. The number of rotatable bonds is 6. The van der Waals surface area contributed by atoms with Crippen molar-refractivity contribution in [3.05, 3.63) is 88.9 Å². The Hall–Kier alpha value is -2.99. The van der Waals surface area contributed by atoms with E-state index in [-0.39, 0.29) is 11.9 Å². The van der Waals surface area contributed by atoms with E-state index in [2.05, 4.69) is 9.88 Å². The van der Waals surface area contributed by atoms with Gasteiger partial charge in [-0.3, -0.25) is 4.90 Å². The molecule has 3 aromatic rings. The third-order valence-corrected chi connectivity index (χ3v) is 5.10. The maximum absolute atomic E-state index is 13.0. The summed E-state index contributed by atoms with van der Waals surface area (Å²) in [6.45, 7) is 1.67. The number of benzene rings is 2. The lowest BCUT2D eigenvalue weighted by Crippen LogP contribution is -2.23. The van der Waals surface area contributed by atoms with E-state index in [9.17, 15) is 9.18 Å². The van der Waals surface area contributed by atoms with Gasteiger partial charge in [0.25, 0.3) is 0 Å². The van der Waals surface area contributed by atoms with Crippen molar-refractivity contribution in [3.63, 3.8) is 0 Å². The second kappa shape index (κ2) is 7.94. The Balaban J connectivity index is 1.44. The number of nitrogens with zero attached hydrogens (tertiary/aromatic N) is 2. The van der Waals surface area contributed by atoms with Gasteiger partial charge in [0.2, 0.25) is 5.89 Å². The van der Waals surface area contributed by atoms with Crippen molar-refractivity contribution >= 4 is 5.97 Å². The van der Waals surface area contributed by atoms with E-state index in [4.69, 9.17) is 9.52 Å². The standard InChI is InChI=1S/C22H21FN2O3/c23-18-9-5-15(6-10-18)12-19-13-24-21(28-19)20-2-1-11-25(20)14-16-3-7-17(8-4-16)22(26)27/h3-10,13,20H,1-2,11-12,14H2,(H,26,27). The second-order valence-electron chi connectivity index (χ2n) is 7.10. The van der Waals surface area contributed by atoms with Crippen LogP contribution in [-0.2, 0) is 13.0 Å². The molecule has 0 bridgehead atoms. The lowest BCUT2D eigenvalue weighted by molar-refractivity contribution is 0.0697. The predicted octanol–water partition coefficient (Wildman–Crippen LogP) is 4.44. The van der Waals surface area contributed by atoms with Crippen LogP contribution in [0.15, 0.2) is 59.1 Å². The number of aromatic nitrogens is 1. The maximum atomic E-state index is 13.0. The molecule has 28 heavy (non-hydrogen) atoms. The first-order chi connectivity index (χ1) is 13.6. The van der Waals surface area contributed by atoms with Gasteiger partial charge in [-0.15, -0.1) is 0 Å². The van der Waals surface area contributed by atoms with E-state index in [1.54, 1.807) is 30.5 Å². The third-order valence-electron chi connectivity index (χ3n) is 5.10. The number of carbonyl (C=O) groups is 1. The Morgan fingerprint density at radius 3 is 2.57 bits per heavy atom. The lowest BCUT2D eigenvalue weighted by Gasteiger charge is -2.22. The van der Waals surface area contributed by atoms with Crippen molar-refractivity contribution in [1.82, 2.24) is 9.88 Å². The van der Waals surface area contributed by atoms with E-state index < -0.39 is 5.97 Å². The summed E-state index contributed by atoms with van der Waals surface area (Å²) in [6, 6.07) is 13.5. The Kier molecular flexibility index (Phi) is 5.21. The van der Waals surface area contributed by atoms with E-state index in [0.29, 0.717) is 17.9 Å². The molecule has 2 heterocycles. The molecule has 1 fully saturated rings. The van der Waals surface area contributed by atoms with Crippen LogP contribution >= 0.6 is 0 Å². The second-order valence-corrected chi connectivity index (χ2v) is 7.10. The number of carboxylic acid groups (broad SMARTS) is 1. The zero-order valence-corrected chi connectivity index (χ0v) is 15.3. The number of halogens is 1. The molecule has 2 aromatic carbocycles. The van der Waals surface area contributed by atoms with E-state index in [1.165, 1.54) is 12.1 Å². The van der Waals surface area contributed by atoms with E-state index in [0.717, 1.165) is 42.8 Å². The van der Waals surface area contributed by atoms with Crippen molar-refractivity contribution in [3.8, 4) is 0 Å². The van der Waals surface area contributed by atoms with Crippen LogP contribution < -0.4 is 0 Å². The Bertz CT molecular complexity index is 951. The monoisotopic (exact) mass is 380 g/mol. The minimum absolute atomic E-state index is 0.112. The largest absolute Gasteiger partial charge is 0.478 e. The number of likely N-dealkylation sites (tertiary alicyclic amines) is 1. The minimum Gasteiger partial charge on any atom is -0.478 e. The van der Waals surface area contributed by atoms with Crippen molar-refractivity contribution in [2.24, 2.45) is 0 Å². The summed E-state index contributed by atoms with van der Waals surface area (Å²) in [7, 11) is 0. The highest BCUT2D eigenvalue weighted by Crippen LogP contribution is 2.33. The molecule has 1 atom stereocenters. The third kappa shape index (κ3) is 4.12. The highest BCUT2D eigenvalue weighted by molar-refractivity contribution is 5.87. The van der Waals surface area contributed by atoms with Gasteiger partial charge in [-0.05, 0) is 54.8 Å². The predicted molar refractivity (Wildman–Crippen MR) is 101 cm³/mol.